The molecule has 3 amide bonds. The highest BCUT2D eigenvalue weighted by molar-refractivity contribution is 7.09. The monoisotopic (exact) mass is 471 g/mol. The average molecular weight is 472 g/mol. The van der Waals surface area contributed by atoms with E-state index in [1.165, 1.54) is 24.1 Å². The molecule has 0 bridgehead atoms. The van der Waals surface area contributed by atoms with Gasteiger partial charge in [-0.05, 0) is 48.3 Å². The number of nitrogens with one attached hydrogen (secondary N) is 1. The van der Waals surface area contributed by atoms with E-state index in [4.69, 9.17) is 16.2 Å². The fraction of sp³-hybridized carbons (Fsp3) is 0.182. The number of benzene rings is 2. The lowest BCUT2D eigenvalue weighted by Gasteiger charge is -2.28. The molecule has 3 aromatic rings. The van der Waals surface area contributed by atoms with Gasteiger partial charge in [0.1, 0.15) is 22.5 Å². The maximum absolute atomic E-state index is 13.5. The highest BCUT2D eigenvalue weighted by atomic mass is 32.1. The SMILES string of the molecule is COc1cccc(N(C(=O)c2snc(C(N)=O)c2N)C(C)C(=O)NCc2ccc(F)cc2)c1. The minimum Gasteiger partial charge on any atom is -0.497 e. The quantitative estimate of drug-likeness (QED) is 0.461. The summed E-state index contributed by atoms with van der Waals surface area (Å²) in [6.07, 6.45) is 0. The van der Waals surface area contributed by atoms with Gasteiger partial charge in [-0.1, -0.05) is 18.2 Å². The van der Waals surface area contributed by atoms with Gasteiger partial charge >= 0.3 is 0 Å². The number of anilines is 2. The highest BCUT2D eigenvalue weighted by Crippen LogP contribution is 2.29. The van der Waals surface area contributed by atoms with E-state index in [1.807, 2.05) is 0 Å². The summed E-state index contributed by atoms with van der Waals surface area (Å²) >= 11 is 0.721. The Labute approximate surface area is 193 Å². The third-order valence-electron chi connectivity index (χ3n) is 4.85. The van der Waals surface area contributed by atoms with E-state index >= 15 is 0 Å². The largest absolute Gasteiger partial charge is 0.497 e. The second kappa shape index (κ2) is 10.1. The molecule has 9 nitrogen and oxygen atoms in total. The first-order chi connectivity index (χ1) is 15.7. The van der Waals surface area contributed by atoms with Crippen molar-refractivity contribution < 1.29 is 23.5 Å². The third-order valence-corrected chi connectivity index (χ3v) is 5.70. The first-order valence-corrected chi connectivity index (χ1v) is 10.5. The zero-order chi connectivity index (χ0) is 24.1. The molecule has 0 saturated heterocycles. The molecule has 5 N–H and O–H groups in total. The molecule has 1 heterocycles. The zero-order valence-electron chi connectivity index (χ0n) is 17.9. The Bertz CT molecular complexity index is 1180. The van der Waals surface area contributed by atoms with E-state index in [2.05, 4.69) is 9.69 Å². The molecule has 2 aromatic carbocycles. The van der Waals surface area contributed by atoms with Gasteiger partial charge in [0, 0.05) is 18.3 Å². The number of methoxy groups -OCH3 is 1. The number of amides is 3. The molecular formula is C22H22FN5O4S. The molecule has 0 saturated carbocycles. The number of rotatable bonds is 8. The van der Waals surface area contributed by atoms with Crippen LogP contribution in [0.15, 0.2) is 48.5 Å². The van der Waals surface area contributed by atoms with Gasteiger partial charge in [-0.2, -0.15) is 4.37 Å². The Morgan fingerprint density at radius 1 is 1.21 bits per heavy atom. The Morgan fingerprint density at radius 3 is 2.52 bits per heavy atom. The Hall–Kier alpha value is -3.99. The summed E-state index contributed by atoms with van der Waals surface area (Å²) in [6.45, 7) is 1.68. The number of aromatic nitrogens is 1. The predicted octanol–water partition coefficient (Wildman–Crippen LogP) is 2.32. The van der Waals surface area contributed by atoms with Gasteiger partial charge < -0.3 is 21.5 Å². The van der Waals surface area contributed by atoms with E-state index in [1.54, 1.807) is 43.3 Å². The van der Waals surface area contributed by atoms with Crippen molar-refractivity contribution in [2.45, 2.75) is 19.5 Å². The van der Waals surface area contributed by atoms with Gasteiger partial charge in [0.05, 0.1) is 12.8 Å². The third kappa shape index (κ3) is 5.26. The maximum atomic E-state index is 13.5. The van der Waals surface area contributed by atoms with Crippen LogP contribution < -0.4 is 26.4 Å². The van der Waals surface area contributed by atoms with Crippen molar-refractivity contribution in [3.63, 3.8) is 0 Å². The first kappa shape index (κ1) is 23.7. The lowest BCUT2D eigenvalue weighted by Crippen LogP contribution is -2.48. The molecule has 0 radical (unpaired) electrons. The fourth-order valence-corrected chi connectivity index (χ4v) is 3.81. The molecule has 172 valence electrons. The summed E-state index contributed by atoms with van der Waals surface area (Å²) in [7, 11) is 1.48. The van der Waals surface area contributed by atoms with Crippen molar-refractivity contribution in [1.29, 1.82) is 0 Å². The Balaban J connectivity index is 1.92. The average Bonchev–Trinajstić information content (AvgIpc) is 3.20. The minimum atomic E-state index is -0.983. The maximum Gasteiger partial charge on any atom is 0.272 e. The number of carbonyl (C=O) groups is 3. The van der Waals surface area contributed by atoms with Crippen LogP contribution in [-0.4, -0.2) is 35.2 Å². The molecule has 1 aromatic heterocycles. The van der Waals surface area contributed by atoms with Gasteiger partial charge in [0.15, 0.2) is 5.69 Å². The predicted molar refractivity (Wildman–Crippen MR) is 123 cm³/mol. The van der Waals surface area contributed by atoms with Crippen LogP contribution in [0, 0.1) is 5.82 Å². The number of hydrogen-bond acceptors (Lipinski definition) is 7. The Morgan fingerprint density at radius 2 is 1.91 bits per heavy atom. The van der Waals surface area contributed by atoms with Crippen molar-refractivity contribution in [3.8, 4) is 5.75 Å². The second-order valence-corrected chi connectivity index (χ2v) is 7.81. The number of nitrogens with zero attached hydrogens (tertiary/aromatic N) is 2. The Kier molecular flexibility index (Phi) is 7.23. The molecule has 0 aliphatic rings. The van der Waals surface area contributed by atoms with E-state index in [0.717, 1.165) is 11.5 Å². The van der Waals surface area contributed by atoms with Gasteiger partial charge in [-0.3, -0.25) is 19.3 Å². The van der Waals surface area contributed by atoms with E-state index in [0.29, 0.717) is 17.0 Å². The zero-order valence-corrected chi connectivity index (χ0v) is 18.7. The molecule has 1 unspecified atom stereocenters. The highest BCUT2D eigenvalue weighted by Gasteiger charge is 2.32. The summed E-state index contributed by atoms with van der Waals surface area (Å²) in [5.41, 5.74) is 11.9. The van der Waals surface area contributed by atoms with E-state index in [9.17, 15) is 18.8 Å². The number of nitrogens with two attached hydrogens (primary N) is 2. The fourth-order valence-electron chi connectivity index (χ4n) is 3.07. The molecule has 0 aliphatic carbocycles. The van der Waals surface area contributed by atoms with Crippen molar-refractivity contribution in [2.75, 3.05) is 17.7 Å². The van der Waals surface area contributed by atoms with Crippen LogP contribution in [0.5, 0.6) is 5.75 Å². The van der Waals surface area contributed by atoms with Crippen molar-refractivity contribution in [1.82, 2.24) is 9.69 Å². The topological polar surface area (TPSA) is 141 Å². The molecule has 0 spiro atoms. The lowest BCUT2D eigenvalue weighted by atomic mass is 10.1. The van der Waals surface area contributed by atoms with Gasteiger partial charge in [0.2, 0.25) is 5.91 Å². The smallest absolute Gasteiger partial charge is 0.272 e. The van der Waals surface area contributed by atoms with Gasteiger partial charge in [-0.25, -0.2) is 4.39 Å². The number of primary amides is 1. The molecule has 11 heteroatoms. The van der Waals surface area contributed by atoms with Crippen LogP contribution >= 0.6 is 11.5 Å². The molecule has 1 atom stereocenters. The molecule has 33 heavy (non-hydrogen) atoms. The van der Waals surface area contributed by atoms with E-state index in [-0.39, 0.29) is 28.6 Å². The van der Waals surface area contributed by atoms with Crippen LogP contribution in [0.4, 0.5) is 15.8 Å². The van der Waals surface area contributed by atoms with Crippen molar-refractivity contribution >= 4 is 40.6 Å². The molecule has 0 fully saturated rings. The molecule has 0 aliphatic heterocycles. The number of halogens is 1. The summed E-state index contributed by atoms with van der Waals surface area (Å²) in [6, 6.07) is 11.3. The standard InChI is InChI=1S/C22H22FN5O4S/c1-12(21(30)26-11-13-6-8-14(23)9-7-13)28(15-4-3-5-16(10-15)32-2)22(31)19-17(24)18(20(25)29)27-33-19/h3-10,12H,11,24H2,1-2H3,(H2,25,29)(H,26,30). The van der Waals surface area contributed by atoms with Crippen molar-refractivity contribution in [2.24, 2.45) is 5.73 Å². The van der Waals surface area contributed by atoms with Crippen LogP contribution in [0.3, 0.4) is 0 Å². The molecule has 3 rings (SSSR count). The van der Waals surface area contributed by atoms with Crippen LogP contribution in [0.2, 0.25) is 0 Å². The minimum absolute atomic E-state index is 0.0233. The lowest BCUT2D eigenvalue weighted by molar-refractivity contribution is -0.122. The summed E-state index contributed by atoms with van der Waals surface area (Å²) < 4.78 is 22.2. The van der Waals surface area contributed by atoms with Gasteiger partial charge in [-0.15, -0.1) is 0 Å². The van der Waals surface area contributed by atoms with Gasteiger partial charge in [0.25, 0.3) is 11.8 Å². The van der Waals surface area contributed by atoms with Crippen LogP contribution in [0.25, 0.3) is 0 Å². The normalized spacial score (nSPS) is 11.5. The summed E-state index contributed by atoms with van der Waals surface area (Å²) in [5, 5.41) is 2.74. The summed E-state index contributed by atoms with van der Waals surface area (Å²) in [5.74, 6) is -1.87. The number of hydrogen-bond donors (Lipinski definition) is 3. The number of ether oxygens (including phenoxy) is 1. The second-order valence-electron chi connectivity index (χ2n) is 7.04. The van der Waals surface area contributed by atoms with Crippen LogP contribution in [-0.2, 0) is 11.3 Å². The number of carbonyl (C=O) groups excluding carboxylic acids is 3. The first-order valence-electron chi connectivity index (χ1n) is 9.77. The summed E-state index contributed by atoms with van der Waals surface area (Å²) in [4.78, 5) is 39.2. The van der Waals surface area contributed by atoms with Crippen LogP contribution in [0.1, 0.15) is 32.6 Å². The van der Waals surface area contributed by atoms with Crippen molar-refractivity contribution in [3.05, 3.63) is 70.5 Å². The molecular weight excluding hydrogens is 449 g/mol. The number of nitrogen functional groups attached to an aromatic ring is 1. The van der Waals surface area contributed by atoms with E-state index < -0.39 is 23.8 Å².